The molecular weight excluding hydrogens is 407 g/mol. The normalized spacial score (nSPS) is 14.9. The Morgan fingerprint density at radius 3 is 2.37 bits per heavy atom. The molecule has 0 saturated carbocycles. The first-order valence-corrected chi connectivity index (χ1v) is 10.9. The molecule has 1 aliphatic heterocycles. The van der Waals surface area contributed by atoms with Crippen molar-refractivity contribution in [2.45, 2.75) is 31.1 Å². The highest BCUT2D eigenvalue weighted by Crippen LogP contribution is 2.27. The zero-order valence-corrected chi connectivity index (χ0v) is 17.2. The number of carbonyl (C=O) groups excluding carboxylic acids is 1. The number of amides is 1. The highest BCUT2D eigenvalue weighted by molar-refractivity contribution is 7.92. The van der Waals surface area contributed by atoms with Gasteiger partial charge >= 0.3 is 0 Å². The molecule has 2 aromatic rings. The zero-order chi connectivity index (χ0) is 19.6. The number of carbonyl (C=O) groups is 1. The molecule has 27 heavy (non-hydrogen) atoms. The number of nitrogens with zero attached hydrogens (tertiary/aromatic N) is 1. The van der Waals surface area contributed by atoms with Gasteiger partial charge in [-0.25, -0.2) is 8.42 Å². The molecule has 0 aromatic heterocycles. The molecule has 0 unspecified atom stereocenters. The number of sulfonamides is 1. The summed E-state index contributed by atoms with van der Waals surface area (Å²) >= 11 is 11.8. The minimum Gasteiger partial charge on any atom is -0.339 e. The lowest BCUT2D eigenvalue weighted by atomic mass is 10.1. The van der Waals surface area contributed by atoms with Crippen LogP contribution in [0, 0.1) is 6.92 Å². The van der Waals surface area contributed by atoms with E-state index >= 15 is 0 Å². The number of anilines is 1. The van der Waals surface area contributed by atoms with E-state index < -0.39 is 10.0 Å². The highest BCUT2D eigenvalue weighted by Gasteiger charge is 2.23. The number of halogens is 2. The molecule has 1 fully saturated rings. The minimum atomic E-state index is -3.87. The molecule has 0 radical (unpaired) electrons. The van der Waals surface area contributed by atoms with Gasteiger partial charge in [-0.1, -0.05) is 29.3 Å². The molecule has 0 bridgehead atoms. The zero-order valence-electron chi connectivity index (χ0n) is 14.8. The molecule has 0 aliphatic carbocycles. The van der Waals surface area contributed by atoms with E-state index in [9.17, 15) is 13.2 Å². The number of aryl methyl sites for hydroxylation is 1. The maximum absolute atomic E-state index is 12.8. The lowest BCUT2D eigenvalue weighted by Crippen LogP contribution is -2.36. The van der Waals surface area contributed by atoms with Crippen molar-refractivity contribution in [2.75, 3.05) is 17.8 Å². The van der Waals surface area contributed by atoms with Crippen LogP contribution in [-0.4, -0.2) is 32.3 Å². The molecule has 0 spiro atoms. The van der Waals surface area contributed by atoms with Gasteiger partial charge in [0.15, 0.2) is 0 Å². The molecule has 1 N–H and O–H groups in total. The summed E-state index contributed by atoms with van der Waals surface area (Å²) in [5, 5.41) is 0.589. The molecule has 1 saturated heterocycles. The number of rotatable bonds is 4. The summed E-state index contributed by atoms with van der Waals surface area (Å²) < 4.78 is 28.0. The average molecular weight is 427 g/mol. The molecular formula is C19H20Cl2N2O3S. The van der Waals surface area contributed by atoms with Gasteiger partial charge in [0.2, 0.25) is 0 Å². The summed E-state index contributed by atoms with van der Waals surface area (Å²) in [6, 6.07) is 9.06. The van der Waals surface area contributed by atoms with E-state index in [4.69, 9.17) is 23.2 Å². The van der Waals surface area contributed by atoms with Crippen LogP contribution in [0.1, 0.15) is 35.2 Å². The van der Waals surface area contributed by atoms with Crippen LogP contribution in [0.3, 0.4) is 0 Å². The summed E-state index contributed by atoms with van der Waals surface area (Å²) in [7, 11) is -3.87. The second kappa shape index (κ2) is 8.09. The summed E-state index contributed by atoms with van der Waals surface area (Å²) in [6.45, 7) is 3.22. The van der Waals surface area contributed by atoms with Crippen molar-refractivity contribution >= 4 is 44.8 Å². The van der Waals surface area contributed by atoms with Crippen LogP contribution < -0.4 is 4.72 Å². The minimum absolute atomic E-state index is 0.0273. The van der Waals surface area contributed by atoms with Gasteiger partial charge in [0.05, 0.1) is 20.6 Å². The number of piperidine rings is 1. The molecule has 2 aromatic carbocycles. The van der Waals surface area contributed by atoms with Crippen LogP contribution in [0.25, 0.3) is 0 Å². The van der Waals surface area contributed by atoms with Gasteiger partial charge in [0.25, 0.3) is 15.9 Å². The van der Waals surface area contributed by atoms with Gasteiger partial charge in [0, 0.05) is 18.7 Å². The Labute approximate surface area is 169 Å². The van der Waals surface area contributed by atoms with Gasteiger partial charge in [-0.15, -0.1) is 0 Å². The topological polar surface area (TPSA) is 66.5 Å². The number of benzene rings is 2. The summed E-state index contributed by atoms with van der Waals surface area (Å²) in [5.74, 6) is -0.126. The molecule has 1 aliphatic rings. The number of likely N-dealkylation sites (tertiary alicyclic amines) is 1. The molecule has 1 heterocycles. The van der Waals surface area contributed by atoms with Crippen molar-refractivity contribution in [2.24, 2.45) is 0 Å². The Balaban J connectivity index is 1.89. The van der Waals surface area contributed by atoms with Crippen molar-refractivity contribution in [3.8, 4) is 0 Å². The van der Waals surface area contributed by atoms with Crippen LogP contribution in [0.15, 0.2) is 41.3 Å². The van der Waals surface area contributed by atoms with Gasteiger partial charge in [-0.2, -0.15) is 0 Å². The molecule has 0 atom stereocenters. The van der Waals surface area contributed by atoms with E-state index in [2.05, 4.69) is 4.72 Å². The number of hydrogen-bond donors (Lipinski definition) is 1. The Bertz CT molecular complexity index is 971. The fourth-order valence-electron chi connectivity index (χ4n) is 3.04. The van der Waals surface area contributed by atoms with Gasteiger partial charge in [-0.3, -0.25) is 9.52 Å². The van der Waals surface area contributed by atoms with Crippen LogP contribution in [0.2, 0.25) is 10.0 Å². The first-order chi connectivity index (χ1) is 12.8. The maximum atomic E-state index is 12.8. The van der Waals surface area contributed by atoms with Crippen LogP contribution in [-0.2, 0) is 10.0 Å². The standard InChI is InChI=1S/C19H20Cl2N2O3S/c1-13-5-7-15(12-16(13)19(24)23-9-3-2-4-10-23)27(25,26)22-14-6-8-17(20)18(21)11-14/h5-8,11-12,22H,2-4,9-10H2,1H3. The molecule has 144 valence electrons. The Morgan fingerprint density at radius 1 is 1.00 bits per heavy atom. The Kier molecular flexibility index (Phi) is 5.99. The van der Waals surface area contributed by atoms with Crippen molar-refractivity contribution in [1.29, 1.82) is 0 Å². The van der Waals surface area contributed by atoms with E-state index in [1.807, 2.05) is 0 Å². The predicted molar refractivity (Wildman–Crippen MR) is 108 cm³/mol. The first-order valence-electron chi connectivity index (χ1n) is 8.66. The SMILES string of the molecule is Cc1ccc(S(=O)(=O)Nc2ccc(Cl)c(Cl)c2)cc1C(=O)N1CCCCC1. The van der Waals surface area contributed by atoms with Crippen LogP contribution in [0.5, 0.6) is 0 Å². The average Bonchev–Trinajstić information content (AvgIpc) is 2.65. The fraction of sp³-hybridized carbons (Fsp3) is 0.316. The third kappa shape index (κ3) is 4.57. The summed E-state index contributed by atoms with van der Waals surface area (Å²) in [5.41, 5.74) is 1.46. The molecule has 5 nitrogen and oxygen atoms in total. The maximum Gasteiger partial charge on any atom is 0.261 e. The second-order valence-electron chi connectivity index (χ2n) is 6.56. The van der Waals surface area contributed by atoms with E-state index in [0.717, 1.165) is 24.8 Å². The second-order valence-corrected chi connectivity index (χ2v) is 9.06. The highest BCUT2D eigenvalue weighted by atomic mass is 35.5. The predicted octanol–water partition coefficient (Wildman–Crippen LogP) is 4.73. The monoisotopic (exact) mass is 426 g/mol. The lowest BCUT2D eigenvalue weighted by Gasteiger charge is -2.27. The van der Waals surface area contributed by atoms with E-state index in [1.54, 1.807) is 17.9 Å². The molecule has 3 rings (SSSR count). The molecule has 8 heteroatoms. The van der Waals surface area contributed by atoms with Gasteiger partial charge < -0.3 is 4.90 Å². The van der Waals surface area contributed by atoms with Crippen LogP contribution in [0.4, 0.5) is 5.69 Å². The van der Waals surface area contributed by atoms with E-state index in [-0.39, 0.29) is 15.8 Å². The van der Waals surface area contributed by atoms with Gasteiger partial charge in [-0.05, 0) is 62.1 Å². The van der Waals surface area contributed by atoms with Gasteiger partial charge in [0.1, 0.15) is 0 Å². The van der Waals surface area contributed by atoms with Crippen molar-refractivity contribution < 1.29 is 13.2 Å². The van der Waals surface area contributed by atoms with Crippen molar-refractivity contribution in [1.82, 2.24) is 4.90 Å². The number of nitrogens with one attached hydrogen (secondary N) is 1. The third-order valence-electron chi connectivity index (χ3n) is 4.56. The van der Waals surface area contributed by atoms with Crippen molar-refractivity contribution in [3.63, 3.8) is 0 Å². The van der Waals surface area contributed by atoms with Crippen LogP contribution >= 0.6 is 23.2 Å². The largest absolute Gasteiger partial charge is 0.339 e. The van der Waals surface area contributed by atoms with Crippen molar-refractivity contribution in [3.05, 3.63) is 57.6 Å². The Hall–Kier alpha value is -1.76. The third-order valence-corrected chi connectivity index (χ3v) is 6.68. The fourth-order valence-corrected chi connectivity index (χ4v) is 4.41. The van der Waals surface area contributed by atoms with E-state index in [0.29, 0.717) is 29.4 Å². The molecule has 1 amide bonds. The number of hydrogen-bond acceptors (Lipinski definition) is 3. The lowest BCUT2D eigenvalue weighted by molar-refractivity contribution is 0.0723. The van der Waals surface area contributed by atoms with E-state index in [1.165, 1.54) is 30.3 Å². The summed E-state index contributed by atoms with van der Waals surface area (Å²) in [4.78, 5) is 14.6. The first kappa shape index (κ1) is 20.0. The Morgan fingerprint density at radius 2 is 1.70 bits per heavy atom. The smallest absolute Gasteiger partial charge is 0.261 e. The quantitative estimate of drug-likeness (QED) is 0.767. The summed E-state index contributed by atoms with van der Waals surface area (Å²) in [6.07, 6.45) is 3.06.